The Hall–Kier alpha value is -1.39. The number of hydrogen-bond acceptors (Lipinski definition) is 3. The Kier molecular flexibility index (Phi) is 4.66. The summed E-state index contributed by atoms with van der Waals surface area (Å²) in [6.07, 6.45) is 0.596. The standard InChI is InChI=1S/C13H19NO3/c1-13(2,3)17-14(10-16)12(9-15)11-7-5-4-6-8-11/h4-8,10,12,15H,9H2,1-3H3. The second-order valence-corrected chi connectivity index (χ2v) is 4.78. The molecule has 0 saturated heterocycles. The highest BCUT2D eigenvalue weighted by molar-refractivity contribution is 5.47. The molecular formula is C13H19NO3. The molecule has 1 unspecified atom stereocenters. The monoisotopic (exact) mass is 237 g/mol. The van der Waals surface area contributed by atoms with E-state index in [1.54, 1.807) is 0 Å². The molecule has 0 aliphatic carbocycles. The first-order valence-corrected chi connectivity index (χ1v) is 5.56. The van der Waals surface area contributed by atoms with Crippen LogP contribution >= 0.6 is 0 Å². The Balaban J connectivity index is 2.88. The molecule has 0 radical (unpaired) electrons. The highest BCUT2D eigenvalue weighted by Crippen LogP contribution is 2.22. The van der Waals surface area contributed by atoms with Gasteiger partial charge < -0.3 is 5.11 Å². The van der Waals surface area contributed by atoms with E-state index in [1.807, 2.05) is 51.1 Å². The van der Waals surface area contributed by atoms with Crippen LogP contribution in [-0.2, 0) is 9.63 Å². The zero-order valence-electron chi connectivity index (χ0n) is 10.5. The largest absolute Gasteiger partial charge is 0.394 e. The summed E-state index contributed by atoms with van der Waals surface area (Å²) in [5.41, 5.74) is 0.356. The number of hydroxylamine groups is 2. The quantitative estimate of drug-likeness (QED) is 0.628. The highest BCUT2D eigenvalue weighted by Gasteiger charge is 2.24. The number of hydrogen-bond donors (Lipinski definition) is 1. The third-order valence-corrected chi connectivity index (χ3v) is 2.15. The highest BCUT2D eigenvalue weighted by atomic mass is 16.7. The van der Waals surface area contributed by atoms with Crippen molar-refractivity contribution in [2.45, 2.75) is 32.4 Å². The van der Waals surface area contributed by atoms with E-state index >= 15 is 0 Å². The second kappa shape index (κ2) is 5.80. The molecule has 0 saturated carbocycles. The fourth-order valence-corrected chi connectivity index (χ4v) is 1.48. The van der Waals surface area contributed by atoms with Crippen LogP contribution in [0.4, 0.5) is 0 Å². The van der Waals surface area contributed by atoms with Crippen molar-refractivity contribution in [3.63, 3.8) is 0 Å². The van der Waals surface area contributed by atoms with E-state index in [1.165, 1.54) is 0 Å². The average molecular weight is 237 g/mol. The molecule has 1 N–H and O–H groups in total. The third-order valence-electron chi connectivity index (χ3n) is 2.15. The fraction of sp³-hybridized carbons (Fsp3) is 0.462. The first kappa shape index (κ1) is 13.7. The Morgan fingerprint density at radius 3 is 2.35 bits per heavy atom. The molecule has 1 rings (SSSR count). The fourth-order valence-electron chi connectivity index (χ4n) is 1.48. The molecule has 0 aliphatic heterocycles. The van der Waals surface area contributed by atoms with Gasteiger partial charge in [0.2, 0.25) is 6.41 Å². The molecule has 4 heteroatoms. The molecule has 1 aromatic carbocycles. The molecule has 0 bridgehead atoms. The van der Waals surface area contributed by atoms with Gasteiger partial charge in [-0.25, -0.2) is 5.06 Å². The number of aliphatic hydroxyl groups excluding tert-OH is 1. The maximum atomic E-state index is 11.0. The van der Waals surface area contributed by atoms with Crippen LogP contribution in [-0.4, -0.2) is 28.8 Å². The van der Waals surface area contributed by atoms with Crippen molar-refractivity contribution in [1.29, 1.82) is 0 Å². The smallest absolute Gasteiger partial charge is 0.234 e. The van der Waals surface area contributed by atoms with Crippen LogP contribution < -0.4 is 0 Å². The molecule has 0 fully saturated rings. The van der Waals surface area contributed by atoms with E-state index in [0.717, 1.165) is 10.6 Å². The summed E-state index contributed by atoms with van der Waals surface area (Å²) < 4.78 is 0. The molecule has 1 atom stereocenters. The van der Waals surface area contributed by atoms with Crippen LogP contribution in [0.25, 0.3) is 0 Å². The lowest BCUT2D eigenvalue weighted by molar-refractivity contribution is -0.237. The summed E-state index contributed by atoms with van der Waals surface area (Å²) in [6.45, 7) is 5.37. The van der Waals surface area contributed by atoms with Gasteiger partial charge in [0.1, 0.15) is 6.04 Å². The van der Waals surface area contributed by atoms with Crippen molar-refractivity contribution < 1.29 is 14.7 Å². The first-order valence-electron chi connectivity index (χ1n) is 5.56. The van der Waals surface area contributed by atoms with Crippen LogP contribution in [0.3, 0.4) is 0 Å². The molecule has 0 aromatic heterocycles. The van der Waals surface area contributed by atoms with E-state index < -0.39 is 11.6 Å². The van der Waals surface area contributed by atoms with Gasteiger partial charge in [0, 0.05) is 0 Å². The maximum Gasteiger partial charge on any atom is 0.234 e. The molecule has 0 spiro atoms. The van der Waals surface area contributed by atoms with Gasteiger partial charge in [-0.15, -0.1) is 0 Å². The first-order chi connectivity index (χ1) is 7.98. The lowest BCUT2D eigenvalue weighted by Gasteiger charge is -2.32. The van der Waals surface area contributed by atoms with Crippen molar-refractivity contribution in [3.05, 3.63) is 35.9 Å². The summed E-state index contributed by atoms with van der Waals surface area (Å²) in [4.78, 5) is 16.5. The van der Waals surface area contributed by atoms with E-state index in [0.29, 0.717) is 6.41 Å². The lowest BCUT2D eigenvalue weighted by Crippen LogP contribution is -2.37. The summed E-state index contributed by atoms with van der Waals surface area (Å²) in [7, 11) is 0. The van der Waals surface area contributed by atoms with Gasteiger partial charge in [0.05, 0.1) is 12.2 Å². The summed E-state index contributed by atoms with van der Waals surface area (Å²) >= 11 is 0. The van der Waals surface area contributed by atoms with Gasteiger partial charge in [-0.05, 0) is 26.3 Å². The predicted octanol–water partition coefficient (Wildman–Crippen LogP) is 1.91. The van der Waals surface area contributed by atoms with Crippen LogP contribution in [0.2, 0.25) is 0 Å². The number of aliphatic hydroxyl groups is 1. The number of amides is 1. The molecule has 17 heavy (non-hydrogen) atoms. The van der Waals surface area contributed by atoms with Crippen molar-refractivity contribution in [1.82, 2.24) is 5.06 Å². The normalized spacial score (nSPS) is 13.2. The van der Waals surface area contributed by atoms with Gasteiger partial charge in [-0.3, -0.25) is 9.63 Å². The van der Waals surface area contributed by atoms with E-state index in [-0.39, 0.29) is 6.61 Å². The van der Waals surface area contributed by atoms with E-state index in [2.05, 4.69) is 0 Å². The minimum absolute atomic E-state index is 0.182. The van der Waals surface area contributed by atoms with Crippen molar-refractivity contribution in [2.75, 3.05) is 6.61 Å². The average Bonchev–Trinajstić information content (AvgIpc) is 2.28. The molecule has 0 heterocycles. The molecule has 1 aromatic rings. The van der Waals surface area contributed by atoms with Gasteiger partial charge >= 0.3 is 0 Å². The van der Waals surface area contributed by atoms with Crippen LogP contribution in [0, 0.1) is 0 Å². The van der Waals surface area contributed by atoms with Crippen molar-refractivity contribution >= 4 is 6.41 Å². The van der Waals surface area contributed by atoms with Gasteiger partial charge in [-0.2, -0.15) is 0 Å². The minimum Gasteiger partial charge on any atom is -0.394 e. The summed E-state index contributed by atoms with van der Waals surface area (Å²) in [6, 6.07) is 8.82. The number of rotatable bonds is 5. The lowest BCUT2D eigenvalue weighted by atomic mass is 10.1. The second-order valence-electron chi connectivity index (χ2n) is 4.78. The summed E-state index contributed by atoms with van der Waals surface area (Å²) in [5, 5.41) is 10.6. The molecular weight excluding hydrogens is 218 g/mol. The van der Waals surface area contributed by atoms with Crippen LogP contribution in [0.5, 0.6) is 0 Å². The Morgan fingerprint density at radius 2 is 1.94 bits per heavy atom. The zero-order chi connectivity index (χ0) is 12.9. The number of benzene rings is 1. The van der Waals surface area contributed by atoms with Crippen LogP contribution in [0.15, 0.2) is 30.3 Å². The predicted molar refractivity (Wildman–Crippen MR) is 65.0 cm³/mol. The van der Waals surface area contributed by atoms with E-state index in [9.17, 15) is 9.90 Å². The third kappa shape index (κ3) is 4.17. The number of carbonyl (C=O) groups excluding carboxylic acids is 1. The molecule has 1 amide bonds. The van der Waals surface area contributed by atoms with Gasteiger partial charge in [0.15, 0.2) is 0 Å². The van der Waals surface area contributed by atoms with Crippen molar-refractivity contribution in [2.24, 2.45) is 0 Å². The number of carbonyl (C=O) groups is 1. The molecule has 4 nitrogen and oxygen atoms in total. The van der Waals surface area contributed by atoms with Gasteiger partial charge in [-0.1, -0.05) is 30.3 Å². The van der Waals surface area contributed by atoms with Gasteiger partial charge in [0.25, 0.3) is 0 Å². The van der Waals surface area contributed by atoms with Crippen LogP contribution in [0.1, 0.15) is 32.4 Å². The number of nitrogens with zero attached hydrogens (tertiary/aromatic N) is 1. The Labute approximate surface area is 102 Å². The topological polar surface area (TPSA) is 49.8 Å². The summed E-state index contributed by atoms with van der Waals surface area (Å²) in [5.74, 6) is 0. The SMILES string of the molecule is CC(C)(C)ON(C=O)C(CO)c1ccccc1. The molecule has 94 valence electrons. The minimum atomic E-state index is -0.483. The Morgan fingerprint density at radius 1 is 1.35 bits per heavy atom. The van der Waals surface area contributed by atoms with Crippen molar-refractivity contribution in [3.8, 4) is 0 Å². The zero-order valence-corrected chi connectivity index (χ0v) is 10.5. The Bertz CT molecular complexity index is 345. The maximum absolute atomic E-state index is 11.0. The van der Waals surface area contributed by atoms with E-state index in [4.69, 9.17) is 4.84 Å². The molecule has 0 aliphatic rings.